The Kier molecular flexibility index (Phi) is 8.48. The van der Waals surface area contributed by atoms with Gasteiger partial charge >= 0.3 is 12.3 Å². The van der Waals surface area contributed by atoms with Gasteiger partial charge in [-0.05, 0) is 52.8 Å². The first-order valence-electron chi connectivity index (χ1n) is 9.43. The molecule has 0 aliphatic carbocycles. The van der Waals surface area contributed by atoms with E-state index in [1.54, 1.807) is 20.8 Å². The Morgan fingerprint density at radius 3 is 2.28 bits per heavy atom. The van der Waals surface area contributed by atoms with Crippen LogP contribution in [0.4, 0.5) is 22.4 Å². The molecule has 0 saturated carbocycles. The van der Waals surface area contributed by atoms with E-state index in [1.165, 1.54) is 33.0 Å². The summed E-state index contributed by atoms with van der Waals surface area (Å²) in [7, 11) is -2.64. The Labute approximate surface area is 186 Å². The van der Waals surface area contributed by atoms with Crippen molar-refractivity contribution in [1.82, 2.24) is 5.32 Å². The number of hydrogen-bond donors (Lipinski definition) is 1. The summed E-state index contributed by atoms with van der Waals surface area (Å²) >= 11 is 0. The van der Waals surface area contributed by atoms with E-state index >= 15 is 0 Å². The summed E-state index contributed by atoms with van der Waals surface area (Å²) in [6.45, 7) is 5.72. The van der Waals surface area contributed by atoms with Crippen LogP contribution in [0.15, 0.2) is 27.6 Å². The van der Waals surface area contributed by atoms with Crippen molar-refractivity contribution in [2.75, 3.05) is 13.6 Å². The van der Waals surface area contributed by atoms with Crippen LogP contribution in [0.3, 0.4) is 0 Å². The number of nitrogens with zero attached hydrogens (tertiary/aromatic N) is 2. The van der Waals surface area contributed by atoms with Crippen molar-refractivity contribution in [3.8, 4) is 12.3 Å². The summed E-state index contributed by atoms with van der Waals surface area (Å²) in [5, 5.41) is 2.33. The lowest BCUT2D eigenvalue weighted by Gasteiger charge is -2.31. The summed E-state index contributed by atoms with van der Waals surface area (Å²) in [5.41, 5.74) is -0.779. The van der Waals surface area contributed by atoms with E-state index in [0.717, 1.165) is 6.07 Å². The molecule has 1 unspecified atom stereocenters. The minimum atomic E-state index is -4.75. The van der Waals surface area contributed by atoms with Crippen LogP contribution in [-0.2, 0) is 20.2 Å². The van der Waals surface area contributed by atoms with Crippen LogP contribution in [0.25, 0.3) is 0 Å². The Hall–Kier alpha value is -2.61. The average molecular weight is 478 g/mol. The van der Waals surface area contributed by atoms with Crippen LogP contribution < -0.4 is 5.32 Å². The molecule has 0 bridgehead atoms. The molecule has 1 amide bonds. The number of terminal acetylenes is 1. The molecule has 0 aliphatic heterocycles. The van der Waals surface area contributed by atoms with Crippen LogP contribution >= 0.6 is 0 Å². The number of amides is 1. The standard InChI is InChI=1S/C21H27F4N3O3S/c1-8-14-9-10-16(22)15(11-14)12-32(30,27-13-21(23,24)25)20(5,6)17(26-7)28-18(29)31-19(2,3)4/h1,9-11H,12-13H2,2-7H3,(H,26,28,29). The van der Waals surface area contributed by atoms with Gasteiger partial charge in [0.25, 0.3) is 0 Å². The summed E-state index contributed by atoms with van der Waals surface area (Å²) in [4.78, 5) is 16.1. The highest BCUT2D eigenvalue weighted by Gasteiger charge is 2.41. The summed E-state index contributed by atoms with van der Waals surface area (Å²) in [5.74, 6) is 0.575. The van der Waals surface area contributed by atoms with E-state index in [1.807, 2.05) is 0 Å². The third kappa shape index (κ3) is 7.51. The number of aliphatic imine (C=N–C) groups is 1. The number of carbonyl (C=O) groups excluding carboxylic acids is 1. The second-order valence-corrected chi connectivity index (χ2v) is 11.2. The third-order valence-corrected chi connectivity index (χ3v) is 7.26. The first kappa shape index (κ1) is 27.4. The van der Waals surface area contributed by atoms with Gasteiger partial charge in [0, 0.05) is 18.2 Å². The number of alkyl halides is 3. The first-order chi connectivity index (χ1) is 14.4. The van der Waals surface area contributed by atoms with Crippen molar-refractivity contribution in [1.29, 1.82) is 0 Å². The van der Waals surface area contributed by atoms with Gasteiger partial charge < -0.3 is 4.74 Å². The minimum absolute atomic E-state index is 0.169. The molecular formula is C21H27F4N3O3S. The Morgan fingerprint density at radius 2 is 1.81 bits per heavy atom. The van der Waals surface area contributed by atoms with Crippen molar-refractivity contribution in [2.45, 2.75) is 56.9 Å². The predicted octanol–water partition coefficient (Wildman–Crippen LogP) is 4.67. The van der Waals surface area contributed by atoms with Gasteiger partial charge in [-0.2, -0.15) is 13.2 Å². The lowest BCUT2D eigenvalue weighted by atomic mass is 10.1. The highest BCUT2D eigenvalue weighted by molar-refractivity contribution is 7.95. The number of alkyl carbamates (subject to hydrolysis) is 1. The maximum Gasteiger partial charge on any atom is 0.413 e. The van der Waals surface area contributed by atoms with Crippen LogP contribution in [0.2, 0.25) is 0 Å². The fourth-order valence-corrected chi connectivity index (χ4v) is 4.79. The van der Waals surface area contributed by atoms with E-state index in [4.69, 9.17) is 11.2 Å². The number of benzene rings is 1. The maximum atomic E-state index is 14.4. The monoisotopic (exact) mass is 477 g/mol. The molecule has 1 rings (SSSR count). The zero-order valence-corrected chi connectivity index (χ0v) is 19.6. The lowest BCUT2D eigenvalue weighted by Crippen LogP contribution is -2.51. The van der Waals surface area contributed by atoms with Crippen molar-refractivity contribution in [2.24, 2.45) is 9.36 Å². The van der Waals surface area contributed by atoms with Gasteiger partial charge in [-0.3, -0.25) is 10.3 Å². The predicted molar refractivity (Wildman–Crippen MR) is 116 cm³/mol. The Balaban J connectivity index is 3.54. The van der Waals surface area contributed by atoms with Gasteiger partial charge in [0.2, 0.25) is 0 Å². The molecule has 6 nitrogen and oxygen atoms in total. The fraction of sp³-hybridized carbons (Fsp3) is 0.524. The van der Waals surface area contributed by atoms with Crippen molar-refractivity contribution < 1.29 is 31.3 Å². The van der Waals surface area contributed by atoms with E-state index in [0.29, 0.717) is 0 Å². The molecule has 0 aromatic heterocycles. The summed E-state index contributed by atoms with van der Waals surface area (Å²) in [6.07, 6.45) is -0.378. The van der Waals surface area contributed by atoms with Gasteiger partial charge in [-0.15, -0.1) is 6.42 Å². The number of ether oxygens (including phenoxy) is 1. The normalized spacial score (nSPS) is 14.8. The van der Waals surface area contributed by atoms with Gasteiger partial charge in [0.15, 0.2) is 0 Å². The third-order valence-electron chi connectivity index (χ3n) is 4.23. The zero-order chi connectivity index (χ0) is 25.0. The van der Waals surface area contributed by atoms with Gasteiger partial charge in [0.05, 0.1) is 15.5 Å². The molecule has 11 heteroatoms. The van der Waals surface area contributed by atoms with E-state index in [9.17, 15) is 26.6 Å². The molecule has 178 valence electrons. The minimum Gasteiger partial charge on any atom is -0.444 e. The molecule has 0 aliphatic rings. The highest BCUT2D eigenvalue weighted by Crippen LogP contribution is 2.29. The van der Waals surface area contributed by atoms with Gasteiger partial charge in [-0.1, -0.05) is 5.92 Å². The number of rotatable bonds is 5. The SMILES string of the molecule is C#Cc1ccc(F)c(CS(=O)(=NCC(F)(F)F)C(C)(C)/C(=N\C)NC(=O)OC(C)(C)C)c1. The zero-order valence-electron chi connectivity index (χ0n) is 18.8. The van der Waals surface area contributed by atoms with Crippen LogP contribution in [0.5, 0.6) is 0 Å². The Morgan fingerprint density at radius 1 is 1.22 bits per heavy atom. The lowest BCUT2D eigenvalue weighted by molar-refractivity contribution is -0.117. The van der Waals surface area contributed by atoms with Crippen molar-refractivity contribution in [3.05, 3.63) is 35.1 Å². The Bertz CT molecular complexity index is 1040. The molecule has 1 N–H and O–H groups in total. The number of hydrogen-bond acceptors (Lipinski definition) is 5. The smallest absolute Gasteiger partial charge is 0.413 e. The average Bonchev–Trinajstić information content (AvgIpc) is 2.64. The molecule has 1 atom stereocenters. The molecule has 32 heavy (non-hydrogen) atoms. The second kappa shape index (κ2) is 9.90. The van der Waals surface area contributed by atoms with E-state index < -0.39 is 50.5 Å². The summed E-state index contributed by atoms with van der Waals surface area (Å²) < 4.78 is 74.0. The molecule has 0 fully saturated rings. The quantitative estimate of drug-likeness (QED) is 0.290. The largest absolute Gasteiger partial charge is 0.444 e. The van der Waals surface area contributed by atoms with E-state index in [-0.39, 0.29) is 17.0 Å². The van der Waals surface area contributed by atoms with Gasteiger partial charge in [0.1, 0.15) is 28.5 Å². The molecule has 0 heterocycles. The topological polar surface area (TPSA) is 80.1 Å². The van der Waals surface area contributed by atoms with Crippen molar-refractivity contribution >= 4 is 21.7 Å². The summed E-state index contributed by atoms with van der Waals surface area (Å²) in [6, 6.07) is 3.56. The molecule has 0 radical (unpaired) electrons. The number of amidine groups is 1. The molecule has 1 aromatic carbocycles. The second-order valence-electron chi connectivity index (χ2n) is 8.35. The number of halogens is 4. The van der Waals surface area contributed by atoms with E-state index in [2.05, 4.69) is 20.6 Å². The van der Waals surface area contributed by atoms with Crippen LogP contribution in [0.1, 0.15) is 45.7 Å². The van der Waals surface area contributed by atoms with Crippen molar-refractivity contribution in [3.63, 3.8) is 0 Å². The number of carbonyl (C=O) groups is 1. The van der Waals surface area contributed by atoms with Gasteiger partial charge in [-0.25, -0.2) is 17.8 Å². The van der Waals surface area contributed by atoms with Crippen LogP contribution in [-0.4, -0.2) is 46.3 Å². The molecular weight excluding hydrogens is 450 g/mol. The number of nitrogens with one attached hydrogen (secondary N) is 1. The maximum absolute atomic E-state index is 14.4. The molecule has 0 spiro atoms. The molecule has 1 aromatic rings. The first-order valence-corrected chi connectivity index (χ1v) is 11.1. The molecule has 0 saturated heterocycles. The fourth-order valence-electron chi connectivity index (χ4n) is 2.58. The highest BCUT2D eigenvalue weighted by atomic mass is 32.2. The van der Waals surface area contributed by atoms with Crippen LogP contribution in [0, 0.1) is 18.2 Å².